The average Bonchev–Trinajstić information content (AvgIpc) is 2.80. The first kappa shape index (κ1) is 24.0. The van der Waals surface area contributed by atoms with E-state index < -0.39 is 11.2 Å². The number of amides is 1. The van der Waals surface area contributed by atoms with Gasteiger partial charge in [-0.1, -0.05) is 60.7 Å². The van der Waals surface area contributed by atoms with Gasteiger partial charge in [-0.2, -0.15) is 0 Å². The highest BCUT2D eigenvalue weighted by Crippen LogP contribution is 2.42. The Morgan fingerprint density at radius 2 is 1.74 bits per heavy atom. The molecule has 178 valence electrons. The summed E-state index contributed by atoms with van der Waals surface area (Å²) in [5, 5.41) is 10.6. The Labute approximate surface area is 202 Å². The van der Waals surface area contributed by atoms with Gasteiger partial charge < -0.3 is 14.7 Å². The molecular weight excluding hydrogens is 424 g/mol. The summed E-state index contributed by atoms with van der Waals surface area (Å²) in [6, 6.07) is 22.0. The Balaban J connectivity index is 1.53. The van der Waals surface area contributed by atoms with Crippen molar-refractivity contribution in [1.29, 1.82) is 0 Å². The second-order valence-corrected chi connectivity index (χ2v) is 10.1. The summed E-state index contributed by atoms with van der Waals surface area (Å²) >= 11 is 0. The second-order valence-electron chi connectivity index (χ2n) is 10.1. The van der Waals surface area contributed by atoms with Gasteiger partial charge in [-0.25, -0.2) is 4.79 Å². The van der Waals surface area contributed by atoms with Crippen LogP contribution in [-0.4, -0.2) is 33.2 Å². The lowest BCUT2D eigenvalue weighted by Gasteiger charge is -2.45. The largest absolute Gasteiger partial charge is 0.438 e. The molecule has 34 heavy (non-hydrogen) atoms. The van der Waals surface area contributed by atoms with E-state index in [0.717, 1.165) is 28.1 Å². The molecule has 1 aliphatic heterocycles. The van der Waals surface area contributed by atoms with Gasteiger partial charge in [-0.15, -0.1) is 0 Å². The van der Waals surface area contributed by atoms with Gasteiger partial charge in [0.1, 0.15) is 5.60 Å². The van der Waals surface area contributed by atoms with Crippen LogP contribution in [0.1, 0.15) is 62.0 Å². The third kappa shape index (κ3) is 5.00. The molecule has 4 rings (SSSR count). The summed E-state index contributed by atoms with van der Waals surface area (Å²) < 4.78 is 6.13. The summed E-state index contributed by atoms with van der Waals surface area (Å²) in [6.07, 6.45) is 0.601. The molecule has 1 aromatic heterocycles. The van der Waals surface area contributed by atoms with Crippen molar-refractivity contribution in [1.82, 2.24) is 9.88 Å². The predicted molar refractivity (Wildman–Crippen MR) is 134 cm³/mol. The smallest absolute Gasteiger partial charge is 0.411 e. The van der Waals surface area contributed by atoms with Crippen LogP contribution in [-0.2, 0) is 10.3 Å². The molecule has 5 nitrogen and oxygen atoms in total. The minimum atomic E-state index is -0.970. The van der Waals surface area contributed by atoms with Crippen molar-refractivity contribution in [2.24, 2.45) is 0 Å². The van der Waals surface area contributed by atoms with E-state index in [1.54, 1.807) is 18.7 Å². The molecule has 0 saturated carbocycles. The van der Waals surface area contributed by atoms with Crippen LogP contribution in [0.5, 0.6) is 0 Å². The van der Waals surface area contributed by atoms with Crippen molar-refractivity contribution in [3.63, 3.8) is 0 Å². The number of ether oxygens (including phenoxy) is 1. The van der Waals surface area contributed by atoms with Crippen molar-refractivity contribution in [3.05, 3.63) is 89.1 Å². The summed E-state index contributed by atoms with van der Waals surface area (Å²) in [7, 11) is 0. The van der Waals surface area contributed by atoms with Crippen molar-refractivity contribution in [2.45, 2.75) is 64.7 Å². The van der Waals surface area contributed by atoms with Gasteiger partial charge in [0.25, 0.3) is 0 Å². The standard InChI is InChI=1S/C29H34N2O3/c1-20-11-16-26(30-21(20)2)24-14-12-23(13-15-24)22(3)31-18-17-29(34-27(31)32,19-28(4,5)33)25-9-7-6-8-10-25/h6-16,22,33H,17-19H2,1-5H3/t22-,29-/m0/s1. The first-order valence-electron chi connectivity index (χ1n) is 11.9. The SMILES string of the molecule is Cc1ccc(-c2ccc([C@H](C)N3CC[C@](CC(C)(C)O)(c4ccccc4)OC3=O)cc2)nc1C. The first-order valence-corrected chi connectivity index (χ1v) is 11.9. The van der Waals surface area contributed by atoms with E-state index in [1.807, 2.05) is 50.2 Å². The van der Waals surface area contributed by atoms with Gasteiger partial charge >= 0.3 is 6.09 Å². The minimum absolute atomic E-state index is 0.134. The summed E-state index contributed by atoms with van der Waals surface area (Å²) in [6.45, 7) is 10.2. The Kier molecular flexibility index (Phi) is 6.50. The molecule has 1 aliphatic rings. The van der Waals surface area contributed by atoms with Crippen molar-refractivity contribution in [2.75, 3.05) is 6.54 Å². The van der Waals surface area contributed by atoms with E-state index >= 15 is 0 Å². The number of rotatable bonds is 6. The highest BCUT2D eigenvalue weighted by molar-refractivity contribution is 5.70. The Morgan fingerprint density at radius 3 is 2.32 bits per heavy atom. The number of carbonyl (C=O) groups excluding carboxylic acids is 1. The fourth-order valence-corrected chi connectivity index (χ4v) is 4.80. The number of carbonyl (C=O) groups is 1. The van der Waals surface area contributed by atoms with Crippen LogP contribution in [0.25, 0.3) is 11.3 Å². The molecule has 1 amide bonds. The molecule has 0 radical (unpaired) electrons. The molecule has 2 heterocycles. The molecule has 1 fully saturated rings. The van der Waals surface area contributed by atoms with Crippen LogP contribution in [0, 0.1) is 13.8 Å². The number of aryl methyl sites for hydroxylation is 2. The van der Waals surface area contributed by atoms with E-state index in [4.69, 9.17) is 4.74 Å². The fourth-order valence-electron chi connectivity index (χ4n) is 4.80. The van der Waals surface area contributed by atoms with Gasteiger partial charge in [-0.3, -0.25) is 4.98 Å². The summed E-state index contributed by atoms with van der Waals surface area (Å²) in [5.41, 5.74) is 4.34. The van der Waals surface area contributed by atoms with E-state index in [9.17, 15) is 9.90 Å². The maximum atomic E-state index is 13.3. The molecule has 0 spiro atoms. The molecule has 2 atom stereocenters. The van der Waals surface area contributed by atoms with Crippen LogP contribution in [0.4, 0.5) is 4.79 Å². The molecule has 2 aromatic carbocycles. The number of nitrogens with zero attached hydrogens (tertiary/aromatic N) is 2. The molecule has 1 N–H and O–H groups in total. The highest BCUT2D eigenvalue weighted by atomic mass is 16.6. The monoisotopic (exact) mass is 458 g/mol. The van der Waals surface area contributed by atoms with Crippen molar-refractivity contribution < 1.29 is 14.6 Å². The van der Waals surface area contributed by atoms with Crippen LogP contribution >= 0.6 is 0 Å². The average molecular weight is 459 g/mol. The summed E-state index contributed by atoms with van der Waals surface area (Å²) in [4.78, 5) is 19.7. The van der Waals surface area contributed by atoms with Gasteiger partial charge in [0.15, 0.2) is 0 Å². The van der Waals surface area contributed by atoms with Crippen molar-refractivity contribution >= 4 is 6.09 Å². The zero-order valence-corrected chi connectivity index (χ0v) is 20.7. The lowest BCUT2D eigenvalue weighted by Crippen LogP contribution is -2.51. The number of benzene rings is 2. The van der Waals surface area contributed by atoms with Crippen LogP contribution in [0.15, 0.2) is 66.7 Å². The second kappa shape index (κ2) is 9.22. The van der Waals surface area contributed by atoms with E-state index in [1.165, 1.54) is 5.56 Å². The third-order valence-corrected chi connectivity index (χ3v) is 6.80. The van der Waals surface area contributed by atoms with Crippen LogP contribution in [0.2, 0.25) is 0 Å². The molecule has 0 aliphatic carbocycles. The normalized spacial score (nSPS) is 19.6. The zero-order chi connectivity index (χ0) is 24.5. The molecule has 1 saturated heterocycles. The highest BCUT2D eigenvalue weighted by Gasteiger charge is 2.46. The summed E-state index contributed by atoms with van der Waals surface area (Å²) in [5.74, 6) is 0. The van der Waals surface area contributed by atoms with E-state index in [-0.39, 0.29) is 12.1 Å². The quantitative estimate of drug-likeness (QED) is 0.469. The number of hydrogen-bond donors (Lipinski definition) is 1. The first-order chi connectivity index (χ1) is 16.1. The zero-order valence-electron chi connectivity index (χ0n) is 20.7. The van der Waals surface area contributed by atoms with E-state index in [2.05, 4.69) is 42.2 Å². The predicted octanol–water partition coefficient (Wildman–Crippen LogP) is 6.33. The molecule has 5 heteroatoms. The maximum absolute atomic E-state index is 13.3. The van der Waals surface area contributed by atoms with Crippen LogP contribution in [0.3, 0.4) is 0 Å². The number of hydrogen-bond acceptors (Lipinski definition) is 4. The fraction of sp³-hybridized carbons (Fsp3) is 0.379. The van der Waals surface area contributed by atoms with Crippen LogP contribution < -0.4 is 0 Å². The van der Waals surface area contributed by atoms with Gasteiger partial charge in [-0.05, 0) is 57.4 Å². The lowest BCUT2D eigenvalue weighted by molar-refractivity contribution is -0.101. The van der Waals surface area contributed by atoms with Gasteiger partial charge in [0, 0.05) is 30.6 Å². The third-order valence-electron chi connectivity index (χ3n) is 6.80. The van der Waals surface area contributed by atoms with Crippen molar-refractivity contribution in [3.8, 4) is 11.3 Å². The molecule has 0 unspecified atom stereocenters. The number of cyclic esters (lactones) is 1. The topological polar surface area (TPSA) is 62.7 Å². The van der Waals surface area contributed by atoms with Gasteiger partial charge in [0.05, 0.1) is 17.3 Å². The Morgan fingerprint density at radius 1 is 1.06 bits per heavy atom. The minimum Gasteiger partial charge on any atom is -0.438 e. The maximum Gasteiger partial charge on any atom is 0.411 e. The van der Waals surface area contributed by atoms with E-state index in [0.29, 0.717) is 19.4 Å². The molecule has 0 bridgehead atoms. The number of aliphatic hydroxyl groups is 1. The molecule has 3 aromatic rings. The number of aromatic nitrogens is 1. The Hall–Kier alpha value is -3.18. The Bertz CT molecular complexity index is 1150. The lowest BCUT2D eigenvalue weighted by atomic mass is 9.80. The molecular formula is C29H34N2O3. The van der Waals surface area contributed by atoms with Gasteiger partial charge in [0.2, 0.25) is 0 Å². The number of pyridine rings is 1.